The van der Waals surface area contributed by atoms with Crippen molar-refractivity contribution in [1.29, 1.82) is 0 Å². The molecule has 2 rings (SSSR count). The Morgan fingerprint density at radius 2 is 2.31 bits per heavy atom. The Morgan fingerprint density at radius 1 is 1.46 bits per heavy atom. The number of hydrogen-bond donors (Lipinski definition) is 3. The van der Waals surface area contributed by atoms with E-state index in [1.807, 2.05) is 0 Å². The Labute approximate surface area is 72.6 Å². The lowest BCUT2D eigenvalue weighted by atomic mass is 10.3. The molecule has 0 radical (unpaired) electrons. The number of nitrogens with one attached hydrogen (secondary N) is 2. The molecule has 66 valence electrons. The van der Waals surface area contributed by atoms with Gasteiger partial charge in [-0.05, 0) is 12.1 Å². The zero-order valence-electron chi connectivity index (χ0n) is 6.48. The van der Waals surface area contributed by atoms with Gasteiger partial charge in [0.25, 0.3) is 0 Å². The highest BCUT2D eigenvalue weighted by Gasteiger charge is 2.05. The van der Waals surface area contributed by atoms with E-state index in [1.165, 1.54) is 0 Å². The summed E-state index contributed by atoms with van der Waals surface area (Å²) in [5.74, 6) is 0. The van der Waals surface area contributed by atoms with E-state index < -0.39 is 6.09 Å². The smallest absolute Gasteiger partial charge is 0.409 e. The fourth-order valence-corrected chi connectivity index (χ4v) is 1.08. The number of aromatic amines is 1. The van der Waals surface area contributed by atoms with Crippen molar-refractivity contribution in [3.63, 3.8) is 0 Å². The predicted octanol–water partition coefficient (Wildman–Crippen LogP) is 1.05. The second-order valence-electron chi connectivity index (χ2n) is 2.43. The summed E-state index contributed by atoms with van der Waals surface area (Å²) in [4.78, 5) is 10.4. The van der Waals surface area contributed by atoms with Crippen LogP contribution in [0.5, 0.6) is 0 Å². The largest absolute Gasteiger partial charge is 0.465 e. The second-order valence-corrected chi connectivity index (χ2v) is 2.43. The summed E-state index contributed by atoms with van der Waals surface area (Å²) < 4.78 is 0. The van der Waals surface area contributed by atoms with Crippen molar-refractivity contribution >= 4 is 22.8 Å². The zero-order valence-corrected chi connectivity index (χ0v) is 6.48. The van der Waals surface area contributed by atoms with Gasteiger partial charge in [-0.25, -0.2) is 4.79 Å². The predicted molar refractivity (Wildman–Crippen MR) is 45.5 cm³/mol. The fraction of sp³-hybridized carbons (Fsp3) is 0. The number of benzene rings is 1. The molecule has 0 spiro atoms. The Morgan fingerprint density at radius 3 is 3.08 bits per heavy atom. The van der Waals surface area contributed by atoms with Crippen LogP contribution in [0.2, 0.25) is 0 Å². The molecule has 1 heterocycles. The normalized spacial score (nSPS) is 10.2. The van der Waals surface area contributed by atoms with Crippen LogP contribution in [0.1, 0.15) is 0 Å². The number of carboxylic acid groups (broad SMARTS) is 1. The molecule has 0 saturated carbocycles. The maximum absolute atomic E-state index is 10.4. The molecule has 0 aliphatic carbocycles. The maximum Gasteiger partial charge on any atom is 0.409 e. The maximum atomic E-state index is 10.4. The van der Waals surface area contributed by atoms with Crippen molar-refractivity contribution in [1.82, 2.24) is 15.4 Å². The molecule has 0 bridgehead atoms. The number of fused-ring (bicyclic) bond motifs is 1. The molecule has 0 atom stereocenters. The molecule has 2 aromatic rings. The van der Waals surface area contributed by atoms with Crippen LogP contribution in [0.15, 0.2) is 18.2 Å². The molecule has 3 N–H and O–H groups in total. The zero-order chi connectivity index (χ0) is 9.26. The number of nitrogens with zero attached hydrogens (tertiary/aromatic N) is 2. The summed E-state index contributed by atoms with van der Waals surface area (Å²) in [6.45, 7) is 0. The Hall–Kier alpha value is -2.11. The summed E-state index contributed by atoms with van der Waals surface area (Å²) in [7, 11) is 0. The van der Waals surface area contributed by atoms with E-state index >= 15 is 0 Å². The van der Waals surface area contributed by atoms with Gasteiger partial charge in [-0.3, -0.25) is 5.32 Å². The topological polar surface area (TPSA) is 90.9 Å². The van der Waals surface area contributed by atoms with Crippen molar-refractivity contribution in [2.75, 3.05) is 5.32 Å². The van der Waals surface area contributed by atoms with Crippen LogP contribution >= 0.6 is 0 Å². The van der Waals surface area contributed by atoms with Crippen molar-refractivity contribution in [3.8, 4) is 0 Å². The van der Waals surface area contributed by atoms with Gasteiger partial charge in [-0.15, -0.1) is 0 Å². The first-order chi connectivity index (χ1) is 6.27. The van der Waals surface area contributed by atoms with Crippen molar-refractivity contribution in [2.45, 2.75) is 0 Å². The van der Waals surface area contributed by atoms with E-state index in [4.69, 9.17) is 5.11 Å². The molecule has 0 aliphatic heterocycles. The lowest BCUT2D eigenvalue weighted by Gasteiger charge is -1.98. The van der Waals surface area contributed by atoms with Crippen LogP contribution in [0.25, 0.3) is 11.0 Å². The third kappa shape index (κ3) is 1.28. The van der Waals surface area contributed by atoms with Gasteiger partial charge in [-0.2, -0.15) is 15.4 Å². The molecule has 13 heavy (non-hydrogen) atoms. The SMILES string of the molecule is O=C(O)Nc1cccc2n[nH]nc12. The van der Waals surface area contributed by atoms with Gasteiger partial charge in [0.05, 0.1) is 5.69 Å². The molecule has 1 amide bonds. The van der Waals surface area contributed by atoms with Gasteiger partial charge in [0.2, 0.25) is 0 Å². The van der Waals surface area contributed by atoms with E-state index in [0.29, 0.717) is 16.7 Å². The van der Waals surface area contributed by atoms with Crippen molar-refractivity contribution in [2.24, 2.45) is 0 Å². The minimum absolute atomic E-state index is 0.429. The number of rotatable bonds is 1. The average molecular weight is 178 g/mol. The molecule has 0 unspecified atom stereocenters. The second kappa shape index (κ2) is 2.74. The third-order valence-corrected chi connectivity index (χ3v) is 1.59. The average Bonchev–Trinajstić information content (AvgIpc) is 2.51. The highest BCUT2D eigenvalue weighted by atomic mass is 16.4. The van der Waals surface area contributed by atoms with Crippen LogP contribution in [-0.2, 0) is 0 Å². The number of carbonyl (C=O) groups is 1. The number of aromatic nitrogens is 3. The van der Waals surface area contributed by atoms with Gasteiger partial charge < -0.3 is 5.11 Å². The molecule has 0 saturated heterocycles. The number of hydrogen-bond acceptors (Lipinski definition) is 3. The van der Waals surface area contributed by atoms with Gasteiger partial charge in [0.15, 0.2) is 0 Å². The van der Waals surface area contributed by atoms with Gasteiger partial charge >= 0.3 is 6.09 Å². The van der Waals surface area contributed by atoms with E-state index in [0.717, 1.165) is 0 Å². The Balaban J connectivity index is 2.54. The standard InChI is InChI=1S/C7H6N4O2/c12-7(13)8-4-2-1-3-5-6(4)10-11-9-5/h1-3,8H,(H,12,13)(H,9,10,11). The van der Waals surface area contributed by atoms with E-state index in [2.05, 4.69) is 20.7 Å². The summed E-state index contributed by atoms with van der Waals surface area (Å²) in [6.07, 6.45) is -1.12. The monoisotopic (exact) mass is 178 g/mol. The summed E-state index contributed by atoms with van der Waals surface area (Å²) in [5.41, 5.74) is 1.58. The van der Waals surface area contributed by atoms with Gasteiger partial charge in [-0.1, -0.05) is 6.07 Å². The molecular formula is C7H6N4O2. The molecule has 0 fully saturated rings. The first-order valence-corrected chi connectivity index (χ1v) is 3.57. The van der Waals surface area contributed by atoms with Gasteiger partial charge in [0.1, 0.15) is 11.0 Å². The molecule has 6 heteroatoms. The van der Waals surface area contributed by atoms with E-state index in [9.17, 15) is 4.79 Å². The number of para-hydroxylation sites is 1. The van der Waals surface area contributed by atoms with Crippen molar-refractivity contribution in [3.05, 3.63) is 18.2 Å². The minimum atomic E-state index is -1.12. The Kier molecular flexibility index (Phi) is 1.59. The minimum Gasteiger partial charge on any atom is -0.465 e. The summed E-state index contributed by atoms with van der Waals surface area (Å²) in [6, 6.07) is 5.07. The summed E-state index contributed by atoms with van der Waals surface area (Å²) in [5, 5.41) is 20.8. The molecule has 0 aliphatic rings. The number of anilines is 1. The lowest BCUT2D eigenvalue weighted by Crippen LogP contribution is -2.07. The highest BCUT2D eigenvalue weighted by Crippen LogP contribution is 2.18. The van der Waals surface area contributed by atoms with E-state index in [-0.39, 0.29) is 0 Å². The number of H-pyrrole nitrogens is 1. The number of amides is 1. The first-order valence-electron chi connectivity index (χ1n) is 3.57. The van der Waals surface area contributed by atoms with Crippen LogP contribution in [0, 0.1) is 0 Å². The van der Waals surface area contributed by atoms with Crippen LogP contribution in [0.4, 0.5) is 10.5 Å². The van der Waals surface area contributed by atoms with Crippen LogP contribution < -0.4 is 5.32 Å². The van der Waals surface area contributed by atoms with Crippen molar-refractivity contribution < 1.29 is 9.90 Å². The van der Waals surface area contributed by atoms with E-state index in [1.54, 1.807) is 18.2 Å². The first kappa shape index (κ1) is 7.53. The quantitative estimate of drug-likeness (QED) is 0.608. The fourth-order valence-electron chi connectivity index (χ4n) is 1.08. The lowest BCUT2D eigenvalue weighted by molar-refractivity contribution is 0.210. The summed E-state index contributed by atoms with van der Waals surface area (Å²) >= 11 is 0. The molecule has 1 aromatic carbocycles. The Bertz CT molecular complexity index is 450. The van der Waals surface area contributed by atoms with Crippen LogP contribution in [-0.4, -0.2) is 26.6 Å². The van der Waals surface area contributed by atoms with Gasteiger partial charge in [0, 0.05) is 0 Å². The highest BCUT2D eigenvalue weighted by molar-refractivity contribution is 5.95. The molecule has 6 nitrogen and oxygen atoms in total. The van der Waals surface area contributed by atoms with Crippen LogP contribution in [0.3, 0.4) is 0 Å². The molecular weight excluding hydrogens is 172 g/mol. The third-order valence-electron chi connectivity index (χ3n) is 1.59. The molecule has 1 aromatic heterocycles.